The maximum Gasteiger partial charge on any atom is 0.253 e. The SMILES string of the molecule is Cc1[nH]c2ccc(F)cc2c1C(=O)NCC(c1ccc2c(c1)OCO2)N(C)C. The van der Waals surface area contributed by atoms with Gasteiger partial charge in [0.05, 0.1) is 11.6 Å². The number of hydrogen-bond donors (Lipinski definition) is 2. The summed E-state index contributed by atoms with van der Waals surface area (Å²) in [6, 6.07) is 10.1. The molecule has 2 N–H and O–H groups in total. The van der Waals surface area contributed by atoms with Crippen LogP contribution in [0.1, 0.15) is 27.7 Å². The standard InChI is InChI=1S/C21H22FN3O3/c1-12-20(15-9-14(22)5-6-16(15)24-12)21(26)23-10-17(25(2)3)13-4-7-18-19(8-13)28-11-27-18/h4-9,17,24H,10-11H2,1-3H3,(H,23,26). The van der Waals surface area contributed by atoms with E-state index in [0.29, 0.717) is 28.9 Å². The van der Waals surface area contributed by atoms with Crippen molar-refractivity contribution in [2.24, 2.45) is 0 Å². The lowest BCUT2D eigenvalue weighted by Gasteiger charge is -2.25. The summed E-state index contributed by atoms with van der Waals surface area (Å²) in [6.45, 7) is 2.43. The zero-order valence-electron chi connectivity index (χ0n) is 16.0. The first-order valence-corrected chi connectivity index (χ1v) is 9.06. The Morgan fingerprint density at radius 2 is 2.00 bits per heavy atom. The molecule has 0 saturated heterocycles. The molecule has 1 unspecified atom stereocenters. The average molecular weight is 383 g/mol. The van der Waals surface area contributed by atoms with Gasteiger partial charge < -0.3 is 24.7 Å². The minimum absolute atomic E-state index is 0.0549. The minimum Gasteiger partial charge on any atom is -0.454 e. The Hall–Kier alpha value is -3.06. The highest BCUT2D eigenvalue weighted by Gasteiger charge is 2.22. The van der Waals surface area contributed by atoms with E-state index in [1.165, 1.54) is 12.1 Å². The second-order valence-electron chi connectivity index (χ2n) is 7.12. The van der Waals surface area contributed by atoms with Gasteiger partial charge in [-0.1, -0.05) is 6.07 Å². The fourth-order valence-electron chi connectivity index (χ4n) is 3.59. The number of nitrogens with zero attached hydrogens (tertiary/aromatic N) is 1. The van der Waals surface area contributed by atoms with Crippen LogP contribution in [0.2, 0.25) is 0 Å². The molecular formula is C21H22FN3O3. The lowest BCUT2D eigenvalue weighted by Crippen LogP contribution is -2.34. The van der Waals surface area contributed by atoms with E-state index in [4.69, 9.17) is 9.47 Å². The van der Waals surface area contributed by atoms with Crippen LogP contribution >= 0.6 is 0 Å². The van der Waals surface area contributed by atoms with Crippen molar-refractivity contribution in [3.05, 3.63) is 59.0 Å². The fourth-order valence-corrected chi connectivity index (χ4v) is 3.59. The summed E-state index contributed by atoms with van der Waals surface area (Å²) in [5.74, 6) is 0.828. The van der Waals surface area contributed by atoms with Crippen LogP contribution in [0, 0.1) is 12.7 Å². The van der Waals surface area contributed by atoms with Crippen molar-refractivity contribution in [2.75, 3.05) is 27.4 Å². The third-order valence-corrected chi connectivity index (χ3v) is 5.04. The van der Waals surface area contributed by atoms with Gasteiger partial charge in [0.1, 0.15) is 5.82 Å². The predicted octanol–water partition coefficient (Wildman–Crippen LogP) is 3.38. The van der Waals surface area contributed by atoms with Gasteiger partial charge in [-0.3, -0.25) is 4.79 Å². The molecule has 0 bridgehead atoms. The normalized spacial score (nSPS) is 13.9. The van der Waals surface area contributed by atoms with Crippen molar-refractivity contribution >= 4 is 16.8 Å². The Kier molecular flexibility index (Phi) is 4.68. The van der Waals surface area contributed by atoms with Crippen molar-refractivity contribution < 1.29 is 18.7 Å². The molecule has 1 amide bonds. The number of ether oxygens (including phenoxy) is 2. The molecule has 4 rings (SSSR count). The van der Waals surface area contributed by atoms with Gasteiger partial charge in [0.15, 0.2) is 11.5 Å². The number of carbonyl (C=O) groups is 1. The second-order valence-corrected chi connectivity index (χ2v) is 7.12. The van der Waals surface area contributed by atoms with Crippen LogP contribution in [-0.4, -0.2) is 43.2 Å². The molecular weight excluding hydrogens is 361 g/mol. The fraction of sp³-hybridized carbons (Fsp3) is 0.286. The number of aromatic nitrogens is 1. The van der Waals surface area contributed by atoms with Gasteiger partial charge in [-0.15, -0.1) is 0 Å². The molecule has 1 aromatic heterocycles. The van der Waals surface area contributed by atoms with E-state index in [1.807, 2.05) is 44.1 Å². The van der Waals surface area contributed by atoms with Crippen molar-refractivity contribution in [3.8, 4) is 11.5 Å². The number of likely N-dealkylation sites (N-methyl/N-ethyl adjacent to an activating group) is 1. The number of H-pyrrole nitrogens is 1. The van der Waals surface area contributed by atoms with Gasteiger partial charge in [0.2, 0.25) is 6.79 Å². The number of carbonyl (C=O) groups excluding carboxylic acids is 1. The van der Waals surface area contributed by atoms with E-state index in [1.54, 1.807) is 6.07 Å². The molecule has 2 aromatic carbocycles. The molecule has 0 aliphatic carbocycles. The molecule has 146 valence electrons. The zero-order chi connectivity index (χ0) is 19.8. The summed E-state index contributed by atoms with van der Waals surface area (Å²) in [6.07, 6.45) is 0. The molecule has 3 aromatic rings. The molecule has 0 spiro atoms. The lowest BCUT2D eigenvalue weighted by molar-refractivity contribution is 0.0943. The molecule has 0 radical (unpaired) electrons. The summed E-state index contributed by atoms with van der Waals surface area (Å²) in [4.78, 5) is 18.0. The van der Waals surface area contributed by atoms with E-state index in [2.05, 4.69) is 10.3 Å². The first-order chi connectivity index (χ1) is 13.4. The second kappa shape index (κ2) is 7.16. The van der Waals surface area contributed by atoms with Gasteiger partial charge in [-0.25, -0.2) is 4.39 Å². The van der Waals surface area contributed by atoms with Crippen LogP contribution < -0.4 is 14.8 Å². The Bertz CT molecular complexity index is 1040. The number of amides is 1. The smallest absolute Gasteiger partial charge is 0.253 e. The molecule has 2 heterocycles. The molecule has 1 aliphatic heterocycles. The summed E-state index contributed by atoms with van der Waals surface area (Å²) in [7, 11) is 3.90. The highest BCUT2D eigenvalue weighted by atomic mass is 19.1. The largest absolute Gasteiger partial charge is 0.454 e. The highest BCUT2D eigenvalue weighted by molar-refractivity contribution is 6.08. The van der Waals surface area contributed by atoms with Crippen LogP contribution in [0.4, 0.5) is 4.39 Å². The predicted molar refractivity (Wildman–Crippen MR) is 104 cm³/mol. The summed E-state index contributed by atoms with van der Waals surface area (Å²) >= 11 is 0. The number of benzene rings is 2. The van der Waals surface area contributed by atoms with E-state index in [-0.39, 0.29) is 24.6 Å². The summed E-state index contributed by atoms with van der Waals surface area (Å²) in [5, 5.41) is 3.57. The number of fused-ring (bicyclic) bond motifs is 2. The summed E-state index contributed by atoms with van der Waals surface area (Å²) < 4.78 is 24.5. The maximum atomic E-state index is 13.7. The first kappa shape index (κ1) is 18.3. The Labute approximate surface area is 162 Å². The first-order valence-electron chi connectivity index (χ1n) is 9.06. The van der Waals surface area contributed by atoms with Gasteiger partial charge in [0, 0.05) is 23.1 Å². The molecule has 0 saturated carbocycles. The topological polar surface area (TPSA) is 66.6 Å². The quantitative estimate of drug-likeness (QED) is 0.709. The Morgan fingerprint density at radius 1 is 1.21 bits per heavy atom. The van der Waals surface area contributed by atoms with E-state index < -0.39 is 0 Å². The number of aryl methyl sites for hydroxylation is 1. The number of nitrogens with one attached hydrogen (secondary N) is 2. The molecule has 28 heavy (non-hydrogen) atoms. The molecule has 1 atom stereocenters. The zero-order valence-corrected chi connectivity index (χ0v) is 16.0. The van der Waals surface area contributed by atoms with Crippen molar-refractivity contribution in [3.63, 3.8) is 0 Å². The van der Waals surface area contributed by atoms with Crippen LogP contribution in [0.5, 0.6) is 11.5 Å². The van der Waals surface area contributed by atoms with Crippen LogP contribution in [0.15, 0.2) is 36.4 Å². The minimum atomic E-state index is -0.368. The van der Waals surface area contributed by atoms with Crippen molar-refractivity contribution in [1.82, 2.24) is 15.2 Å². The van der Waals surface area contributed by atoms with Crippen molar-refractivity contribution in [1.29, 1.82) is 0 Å². The number of hydrogen-bond acceptors (Lipinski definition) is 4. The molecule has 6 nitrogen and oxygen atoms in total. The average Bonchev–Trinajstić information content (AvgIpc) is 3.24. The van der Waals surface area contributed by atoms with Gasteiger partial charge >= 0.3 is 0 Å². The van der Waals surface area contributed by atoms with Crippen LogP contribution in [0.3, 0.4) is 0 Å². The Balaban J connectivity index is 1.56. The third-order valence-electron chi connectivity index (χ3n) is 5.04. The maximum absolute atomic E-state index is 13.7. The molecule has 1 aliphatic rings. The molecule has 7 heteroatoms. The van der Waals surface area contributed by atoms with Crippen LogP contribution in [-0.2, 0) is 0 Å². The monoisotopic (exact) mass is 383 g/mol. The third kappa shape index (κ3) is 3.29. The van der Waals surface area contributed by atoms with Crippen LogP contribution in [0.25, 0.3) is 10.9 Å². The van der Waals surface area contributed by atoms with E-state index in [0.717, 1.165) is 16.8 Å². The lowest BCUT2D eigenvalue weighted by atomic mass is 10.0. The Morgan fingerprint density at radius 3 is 2.79 bits per heavy atom. The summed E-state index contributed by atoms with van der Waals surface area (Å²) in [5.41, 5.74) is 2.93. The number of aromatic amines is 1. The van der Waals surface area contributed by atoms with Gasteiger partial charge in [-0.05, 0) is 56.9 Å². The van der Waals surface area contributed by atoms with Gasteiger partial charge in [0.25, 0.3) is 5.91 Å². The van der Waals surface area contributed by atoms with Gasteiger partial charge in [-0.2, -0.15) is 0 Å². The highest BCUT2D eigenvalue weighted by Crippen LogP contribution is 2.35. The number of rotatable bonds is 5. The number of halogens is 1. The van der Waals surface area contributed by atoms with Crippen molar-refractivity contribution in [2.45, 2.75) is 13.0 Å². The van der Waals surface area contributed by atoms with E-state index in [9.17, 15) is 9.18 Å². The molecule has 0 fully saturated rings. The van der Waals surface area contributed by atoms with E-state index >= 15 is 0 Å².